The van der Waals surface area contributed by atoms with Crippen LogP contribution in [0.2, 0.25) is 0 Å². The lowest BCUT2D eigenvalue weighted by Crippen LogP contribution is -2.66. The van der Waals surface area contributed by atoms with Crippen LogP contribution in [-0.2, 0) is 87.0 Å². The van der Waals surface area contributed by atoms with Crippen molar-refractivity contribution in [3.05, 3.63) is 228 Å². The number of aliphatic hydroxyl groups excluding tert-OH is 1. The molecule has 11 nitrogen and oxygen atoms in total. The lowest BCUT2D eigenvalue weighted by Gasteiger charge is -2.49. The molecule has 0 bridgehead atoms. The Balaban J connectivity index is 1.13. The molecule has 11 heteroatoms. The van der Waals surface area contributed by atoms with Crippen LogP contribution in [0.4, 0.5) is 0 Å². The Kier molecular flexibility index (Phi) is 20.3. The van der Waals surface area contributed by atoms with Gasteiger partial charge in [-0.05, 0) is 46.2 Å². The average Bonchev–Trinajstić information content (AvgIpc) is 3.41. The van der Waals surface area contributed by atoms with Crippen LogP contribution in [0, 0.1) is 0 Å². The summed E-state index contributed by atoms with van der Waals surface area (Å²) < 4.78 is 67.7. The molecule has 368 valence electrons. The van der Waals surface area contributed by atoms with Gasteiger partial charge in [-0.1, -0.05) is 188 Å². The molecule has 0 amide bonds. The van der Waals surface area contributed by atoms with Gasteiger partial charge < -0.3 is 52.5 Å². The molecule has 0 radical (unpaired) electrons. The van der Waals surface area contributed by atoms with Gasteiger partial charge in [0.2, 0.25) is 0 Å². The Hall–Kier alpha value is -5.38. The number of hydrogen-bond donors (Lipinski definition) is 1. The van der Waals surface area contributed by atoms with Gasteiger partial charge in [-0.15, -0.1) is 6.58 Å². The van der Waals surface area contributed by atoms with E-state index in [0.29, 0.717) is 26.2 Å². The van der Waals surface area contributed by atoms with E-state index in [9.17, 15) is 5.11 Å². The second-order valence-corrected chi connectivity index (χ2v) is 17.5. The zero-order valence-corrected chi connectivity index (χ0v) is 39.7. The molecule has 0 aliphatic carbocycles. The lowest BCUT2D eigenvalue weighted by atomic mass is 9.96. The number of hydrogen-bond acceptors (Lipinski definition) is 11. The fourth-order valence-corrected chi connectivity index (χ4v) is 8.60. The molecule has 1 N–H and O–H groups in total. The number of allylic oxidation sites excluding steroid dienone is 1. The molecule has 10 atom stereocenters. The van der Waals surface area contributed by atoms with Gasteiger partial charge in [0, 0.05) is 0 Å². The van der Waals surface area contributed by atoms with Gasteiger partial charge in [-0.3, -0.25) is 0 Å². The van der Waals surface area contributed by atoms with Crippen molar-refractivity contribution < 1.29 is 52.5 Å². The van der Waals surface area contributed by atoms with Gasteiger partial charge in [0.1, 0.15) is 48.8 Å². The Morgan fingerprint density at radius 2 is 0.743 bits per heavy atom. The smallest absolute Gasteiger partial charge is 0.187 e. The molecule has 2 saturated heterocycles. The van der Waals surface area contributed by atoms with Crippen molar-refractivity contribution >= 4 is 0 Å². The van der Waals surface area contributed by atoms with Crippen molar-refractivity contribution in [2.75, 3.05) is 19.8 Å². The van der Waals surface area contributed by atoms with E-state index in [-0.39, 0.29) is 39.6 Å². The quantitative estimate of drug-likeness (QED) is 0.0394. The molecular weight excluding hydrogens is 885 g/mol. The first-order valence-corrected chi connectivity index (χ1v) is 24.3. The van der Waals surface area contributed by atoms with Gasteiger partial charge in [-0.25, -0.2) is 0 Å². The maximum atomic E-state index is 12.7. The molecule has 6 aromatic rings. The van der Waals surface area contributed by atoms with E-state index >= 15 is 0 Å². The number of aliphatic hydroxyl groups is 1. The van der Waals surface area contributed by atoms with Gasteiger partial charge in [0.15, 0.2) is 12.6 Å². The number of benzene rings is 6. The lowest BCUT2D eigenvalue weighted by molar-refractivity contribution is -0.379. The molecule has 4 unspecified atom stereocenters. The average molecular weight is 951 g/mol. The molecule has 2 fully saturated rings. The van der Waals surface area contributed by atoms with Gasteiger partial charge in [0.25, 0.3) is 0 Å². The molecule has 2 aliphatic heterocycles. The highest BCUT2D eigenvalue weighted by molar-refractivity contribution is 5.18. The fraction of sp³-hybridized carbons (Fsp3) is 0.356. The molecule has 2 heterocycles. The summed E-state index contributed by atoms with van der Waals surface area (Å²) in [5.41, 5.74) is 5.84. The molecule has 8 rings (SSSR count). The third-order valence-electron chi connectivity index (χ3n) is 12.3. The van der Waals surface area contributed by atoms with Crippen molar-refractivity contribution in [3.63, 3.8) is 0 Å². The monoisotopic (exact) mass is 950 g/mol. The Labute approximate surface area is 412 Å². The van der Waals surface area contributed by atoms with Crippen LogP contribution >= 0.6 is 0 Å². The van der Waals surface area contributed by atoms with Crippen LogP contribution in [-0.4, -0.2) is 86.3 Å². The van der Waals surface area contributed by atoms with Crippen molar-refractivity contribution in [2.24, 2.45) is 0 Å². The third-order valence-corrected chi connectivity index (χ3v) is 12.3. The van der Waals surface area contributed by atoms with Crippen LogP contribution in [0.1, 0.15) is 46.2 Å². The van der Waals surface area contributed by atoms with E-state index in [4.69, 9.17) is 47.4 Å². The van der Waals surface area contributed by atoms with E-state index in [1.165, 1.54) is 0 Å². The minimum Gasteiger partial charge on any atom is -0.385 e. The van der Waals surface area contributed by atoms with Crippen LogP contribution in [0.5, 0.6) is 0 Å². The van der Waals surface area contributed by atoms with Gasteiger partial charge in [0.05, 0.1) is 59.5 Å². The predicted molar refractivity (Wildman–Crippen MR) is 266 cm³/mol. The van der Waals surface area contributed by atoms with E-state index in [1.54, 1.807) is 0 Å². The first kappa shape index (κ1) is 51.0. The molecule has 0 spiro atoms. The second kappa shape index (κ2) is 27.9. The zero-order valence-electron chi connectivity index (χ0n) is 39.7. The normalized spacial score (nSPS) is 24.5. The third kappa shape index (κ3) is 15.3. The standard InChI is InChI=1S/C59H66O11/c1-2-3-22-35-63-59-57(56(67-41-49-33-20-9-21-34-49)54(65-39-47-29-16-7-17-30-47)51(69-59)43-62-37-45-25-12-5-13-26-45)70-58-52(60)55(66-40-48-31-18-8-19-32-48)53(64-38-46-27-14-6-15-28-46)50(68-58)42-61-36-44-23-10-4-11-24-44/h2,4-21,23-34,50-60H,1,3,22,35-43H2/t50?,51?,52?,53-,54-,55+,56-,57?,58-,59+/m0/s1. The van der Waals surface area contributed by atoms with Crippen molar-refractivity contribution in [1.29, 1.82) is 0 Å². The van der Waals surface area contributed by atoms with Crippen molar-refractivity contribution in [2.45, 2.75) is 114 Å². The highest BCUT2D eigenvalue weighted by Crippen LogP contribution is 2.36. The summed E-state index contributed by atoms with van der Waals surface area (Å²) in [7, 11) is 0. The summed E-state index contributed by atoms with van der Waals surface area (Å²) in [6.45, 7) is 6.13. The topological polar surface area (TPSA) is 113 Å². The molecular formula is C59H66O11. The highest BCUT2D eigenvalue weighted by atomic mass is 16.8. The number of rotatable bonds is 27. The van der Waals surface area contributed by atoms with Crippen LogP contribution in [0.15, 0.2) is 195 Å². The summed E-state index contributed by atoms with van der Waals surface area (Å²) in [6.07, 6.45) is -6.07. The Morgan fingerprint density at radius 3 is 1.14 bits per heavy atom. The van der Waals surface area contributed by atoms with Crippen LogP contribution in [0.3, 0.4) is 0 Å². The number of unbranched alkanes of at least 4 members (excludes halogenated alkanes) is 1. The van der Waals surface area contributed by atoms with E-state index < -0.39 is 61.4 Å². The maximum Gasteiger partial charge on any atom is 0.187 e. The van der Waals surface area contributed by atoms with E-state index in [2.05, 4.69) is 6.58 Å². The second-order valence-electron chi connectivity index (χ2n) is 17.5. The zero-order chi connectivity index (χ0) is 48.0. The Bertz CT molecular complexity index is 2330. The molecule has 0 saturated carbocycles. The van der Waals surface area contributed by atoms with Crippen molar-refractivity contribution in [3.8, 4) is 0 Å². The highest BCUT2D eigenvalue weighted by Gasteiger charge is 2.54. The van der Waals surface area contributed by atoms with Crippen LogP contribution in [0.25, 0.3) is 0 Å². The largest absolute Gasteiger partial charge is 0.385 e. The summed E-state index contributed by atoms with van der Waals surface area (Å²) in [4.78, 5) is 0. The molecule has 70 heavy (non-hydrogen) atoms. The first-order valence-electron chi connectivity index (χ1n) is 24.3. The molecule has 6 aromatic carbocycles. The van der Waals surface area contributed by atoms with Crippen molar-refractivity contribution in [1.82, 2.24) is 0 Å². The Morgan fingerprint density at radius 1 is 0.400 bits per heavy atom. The van der Waals surface area contributed by atoms with E-state index in [0.717, 1.165) is 39.8 Å². The summed E-state index contributed by atoms with van der Waals surface area (Å²) in [6, 6.07) is 59.6. The predicted octanol–water partition coefficient (Wildman–Crippen LogP) is 9.94. The maximum absolute atomic E-state index is 12.7. The number of ether oxygens (including phenoxy) is 10. The minimum absolute atomic E-state index is 0.104. The van der Waals surface area contributed by atoms with Gasteiger partial charge in [-0.2, -0.15) is 0 Å². The van der Waals surface area contributed by atoms with Crippen LogP contribution < -0.4 is 0 Å². The molecule has 0 aromatic heterocycles. The van der Waals surface area contributed by atoms with E-state index in [1.807, 2.05) is 188 Å². The summed E-state index contributed by atoms with van der Waals surface area (Å²) in [5, 5.41) is 12.7. The fourth-order valence-electron chi connectivity index (χ4n) is 8.60. The van der Waals surface area contributed by atoms with Gasteiger partial charge >= 0.3 is 0 Å². The molecule has 2 aliphatic rings. The SMILES string of the molecule is C=CCCCO[C@@H]1OC(COCc2ccccc2)[C@H](OCc2ccccc2)[C@H](OCc2ccccc2)C1O[C@@H]1OC(COCc2ccccc2)[C@H](OCc2ccccc2)[C@H](OCc2ccccc2)C1O. The minimum atomic E-state index is -1.36. The first-order chi connectivity index (χ1) is 34.6. The summed E-state index contributed by atoms with van der Waals surface area (Å²) in [5.74, 6) is 0. The summed E-state index contributed by atoms with van der Waals surface area (Å²) >= 11 is 0.